The quantitative estimate of drug-likeness (QED) is 0.708. The van der Waals surface area contributed by atoms with Crippen molar-refractivity contribution in [3.05, 3.63) is 0 Å². The van der Waals surface area contributed by atoms with Gasteiger partial charge in [0.25, 0.3) is 0 Å². The Labute approximate surface area is 88.8 Å². The van der Waals surface area contributed by atoms with Crippen molar-refractivity contribution in [2.75, 3.05) is 7.05 Å². The summed E-state index contributed by atoms with van der Waals surface area (Å²) in [4.78, 5) is 0. The highest BCUT2D eigenvalue weighted by atomic mass is 15.0. The van der Waals surface area contributed by atoms with Gasteiger partial charge in [-0.05, 0) is 45.6 Å². The summed E-state index contributed by atoms with van der Waals surface area (Å²) in [5, 5.41) is 7.15. The van der Waals surface area contributed by atoms with Crippen LogP contribution in [-0.2, 0) is 0 Å². The van der Waals surface area contributed by atoms with E-state index < -0.39 is 0 Å². The summed E-state index contributed by atoms with van der Waals surface area (Å²) in [6.45, 7) is 4.56. The van der Waals surface area contributed by atoms with Crippen LogP contribution in [0.5, 0.6) is 0 Å². The molecule has 1 rings (SSSR count). The summed E-state index contributed by atoms with van der Waals surface area (Å²) in [5.41, 5.74) is 0. The van der Waals surface area contributed by atoms with Gasteiger partial charge in [-0.1, -0.05) is 13.8 Å². The SMILES string of the molecule is CCC(CC)NC1CCC(NC)CC1. The Morgan fingerprint density at radius 2 is 1.50 bits per heavy atom. The van der Waals surface area contributed by atoms with E-state index in [9.17, 15) is 0 Å². The number of nitrogens with one attached hydrogen (secondary N) is 2. The Balaban J connectivity index is 2.21. The Hall–Kier alpha value is -0.0800. The van der Waals surface area contributed by atoms with Crippen LogP contribution in [0, 0.1) is 0 Å². The van der Waals surface area contributed by atoms with Crippen LogP contribution in [0.15, 0.2) is 0 Å². The van der Waals surface area contributed by atoms with Crippen LogP contribution < -0.4 is 10.6 Å². The fraction of sp³-hybridized carbons (Fsp3) is 1.00. The first-order valence-corrected chi connectivity index (χ1v) is 6.23. The van der Waals surface area contributed by atoms with E-state index >= 15 is 0 Å². The normalized spacial score (nSPS) is 28.3. The van der Waals surface area contributed by atoms with Gasteiger partial charge in [-0.3, -0.25) is 0 Å². The molecule has 0 bridgehead atoms. The maximum absolute atomic E-state index is 3.77. The van der Waals surface area contributed by atoms with Crippen LogP contribution in [0.25, 0.3) is 0 Å². The average Bonchev–Trinajstić information content (AvgIpc) is 2.26. The molecule has 0 spiro atoms. The van der Waals surface area contributed by atoms with Crippen molar-refractivity contribution in [3.8, 4) is 0 Å². The first kappa shape index (κ1) is 12.0. The van der Waals surface area contributed by atoms with E-state index in [2.05, 4.69) is 31.5 Å². The third kappa shape index (κ3) is 3.58. The molecule has 0 aromatic heterocycles. The lowest BCUT2D eigenvalue weighted by atomic mass is 9.90. The van der Waals surface area contributed by atoms with Gasteiger partial charge in [-0.15, -0.1) is 0 Å². The van der Waals surface area contributed by atoms with Crippen LogP contribution in [0.2, 0.25) is 0 Å². The zero-order valence-electron chi connectivity index (χ0n) is 9.97. The molecule has 1 fully saturated rings. The summed E-state index contributed by atoms with van der Waals surface area (Å²) in [6, 6.07) is 2.30. The van der Waals surface area contributed by atoms with Crippen LogP contribution in [0.1, 0.15) is 52.4 Å². The summed E-state index contributed by atoms with van der Waals surface area (Å²) in [7, 11) is 2.08. The molecule has 0 unspecified atom stereocenters. The minimum atomic E-state index is 0.742. The molecule has 0 saturated heterocycles. The van der Waals surface area contributed by atoms with Gasteiger partial charge in [0.2, 0.25) is 0 Å². The zero-order chi connectivity index (χ0) is 10.4. The highest BCUT2D eigenvalue weighted by Gasteiger charge is 2.20. The molecule has 2 nitrogen and oxygen atoms in total. The highest BCUT2D eigenvalue weighted by molar-refractivity contribution is 4.82. The lowest BCUT2D eigenvalue weighted by Gasteiger charge is -2.31. The lowest BCUT2D eigenvalue weighted by Crippen LogP contribution is -2.42. The highest BCUT2D eigenvalue weighted by Crippen LogP contribution is 2.19. The average molecular weight is 198 g/mol. The molecular weight excluding hydrogens is 172 g/mol. The van der Waals surface area contributed by atoms with E-state index in [1.807, 2.05) is 0 Å². The fourth-order valence-corrected chi connectivity index (χ4v) is 2.41. The van der Waals surface area contributed by atoms with Crippen molar-refractivity contribution >= 4 is 0 Å². The zero-order valence-corrected chi connectivity index (χ0v) is 9.97. The third-order valence-electron chi connectivity index (χ3n) is 3.59. The first-order chi connectivity index (χ1) is 6.80. The van der Waals surface area contributed by atoms with Crippen LogP contribution in [-0.4, -0.2) is 25.2 Å². The molecule has 0 aromatic carbocycles. The molecule has 0 heterocycles. The molecule has 0 aliphatic heterocycles. The summed E-state index contributed by atoms with van der Waals surface area (Å²) >= 11 is 0. The summed E-state index contributed by atoms with van der Waals surface area (Å²) < 4.78 is 0. The molecule has 0 amide bonds. The molecule has 2 heteroatoms. The predicted molar refractivity (Wildman–Crippen MR) is 62.6 cm³/mol. The van der Waals surface area contributed by atoms with E-state index in [0.29, 0.717) is 0 Å². The maximum atomic E-state index is 3.77. The van der Waals surface area contributed by atoms with Crippen LogP contribution >= 0.6 is 0 Å². The van der Waals surface area contributed by atoms with Gasteiger partial charge in [0, 0.05) is 18.1 Å². The molecule has 0 radical (unpaired) electrons. The molecule has 84 valence electrons. The Morgan fingerprint density at radius 1 is 1.00 bits per heavy atom. The van der Waals surface area contributed by atoms with Crippen molar-refractivity contribution in [1.29, 1.82) is 0 Å². The van der Waals surface area contributed by atoms with E-state index in [1.165, 1.54) is 38.5 Å². The van der Waals surface area contributed by atoms with Gasteiger partial charge >= 0.3 is 0 Å². The molecule has 14 heavy (non-hydrogen) atoms. The fourth-order valence-electron chi connectivity index (χ4n) is 2.41. The molecule has 2 N–H and O–H groups in total. The van der Waals surface area contributed by atoms with Gasteiger partial charge in [0.05, 0.1) is 0 Å². The number of hydrogen-bond acceptors (Lipinski definition) is 2. The Morgan fingerprint density at radius 3 is 1.93 bits per heavy atom. The van der Waals surface area contributed by atoms with Gasteiger partial charge in [0.15, 0.2) is 0 Å². The predicted octanol–water partition coefficient (Wildman–Crippen LogP) is 2.30. The van der Waals surface area contributed by atoms with Crippen molar-refractivity contribution < 1.29 is 0 Å². The van der Waals surface area contributed by atoms with Gasteiger partial charge in [-0.2, -0.15) is 0 Å². The molecule has 1 aliphatic carbocycles. The smallest absolute Gasteiger partial charge is 0.00708 e. The largest absolute Gasteiger partial charge is 0.317 e. The molecule has 0 atom stereocenters. The number of hydrogen-bond donors (Lipinski definition) is 2. The third-order valence-corrected chi connectivity index (χ3v) is 3.59. The monoisotopic (exact) mass is 198 g/mol. The van der Waals surface area contributed by atoms with E-state index in [0.717, 1.165) is 18.1 Å². The standard InChI is InChI=1S/C12H26N2/c1-4-10(5-2)14-12-8-6-11(13-3)7-9-12/h10-14H,4-9H2,1-3H3. The van der Waals surface area contributed by atoms with Crippen molar-refractivity contribution in [2.45, 2.75) is 70.5 Å². The van der Waals surface area contributed by atoms with Gasteiger partial charge < -0.3 is 10.6 Å². The second kappa shape index (κ2) is 6.41. The molecular formula is C12H26N2. The van der Waals surface area contributed by atoms with E-state index in [4.69, 9.17) is 0 Å². The lowest BCUT2D eigenvalue weighted by molar-refractivity contribution is 0.290. The van der Waals surface area contributed by atoms with Crippen molar-refractivity contribution in [1.82, 2.24) is 10.6 Å². The maximum Gasteiger partial charge on any atom is 0.00708 e. The second-order valence-electron chi connectivity index (χ2n) is 4.52. The second-order valence-corrected chi connectivity index (χ2v) is 4.52. The molecule has 1 aliphatic rings. The minimum Gasteiger partial charge on any atom is -0.317 e. The first-order valence-electron chi connectivity index (χ1n) is 6.23. The van der Waals surface area contributed by atoms with Crippen LogP contribution in [0.3, 0.4) is 0 Å². The topological polar surface area (TPSA) is 24.1 Å². The van der Waals surface area contributed by atoms with E-state index in [-0.39, 0.29) is 0 Å². The summed E-state index contributed by atoms with van der Waals surface area (Å²) in [6.07, 6.45) is 7.91. The molecule has 1 saturated carbocycles. The van der Waals surface area contributed by atoms with Crippen molar-refractivity contribution in [3.63, 3.8) is 0 Å². The Kier molecular flexibility index (Phi) is 5.49. The minimum absolute atomic E-state index is 0.742. The van der Waals surface area contributed by atoms with Crippen LogP contribution in [0.4, 0.5) is 0 Å². The Bertz CT molecular complexity index is 135. The van der Waals surface area contributed by atoms with E-state index in [1.54, 1.807) is 0 Å². The summed E-state index contributed by atoms with van der Waals surface area (Å²) in [5.74, 6) is 0. The van der Waals surface area contributed by atoms with Gasteiger partial charge in [0.1, 0.15) is 0 Å². The van der Waals surface area contributed by atoms with Crippen molar-refractivity contribution in [2.24, 2.45) is 0 Å². The molecule has 0 aromatic rings. The van der Waals surface area contributed by atoms with Gasteiger partial charge in [-0.25, -0.2) is 0 Å². The number of rotatable bonds is 5.